The van der Waals surface area contributed by atoms with Gasteiger partial charge in [0.25, 0.3) is 11.6 Å². The zero-order valence-corrected chi connectivity index (χ0v) is 22.0. The number of benzene rings is 4. The molecule has 216 valence electrons. The minimum Gasteiger partial charge on any atom is -0.397 e. The van der Waals surface area contributed by atoms with Crippen LogP contribution in [-0.2, 0) is 11.0 Å². The Bertz CT molecular complexity index is 1630. The highest BCUT2D eigenvalue weighted by atomic mass is 19.4. The van der Waals surface area contributed by atoms with Gasteiger partial charge in [0, 0.05) is 23.3 Å². The Morgan fingerprint density at radius 3 is 2.05 bits per heavy atom. The minimum atomic E-state index is -4.89. The quantitative estimate of drug-likeness (QED) is 0.0588. The zero-order chi connectivity index (χ0) is 31.0. The molecule has 0 aliphatic rings. The summed E-state index contributed by atoms with van der Waals surface area (Å²) in [5.74, 6) is -2.55. The first-order valence-corrected chi connectivity index (χ1v) is 12.1. The summed E-state index contributed by atoms with van der Waals surface area (Å²) in [6.45, 7) is 1.98. The number of rotatable bonds is 6. The highest BCUT2D eigenvalue weighted by Crippen LogP contribution is 2.33. The molecule has 4 rings (SSSR count). The number of hydrogen-bond donors (Lipinski definition) is 3. The monoisotopic (exact) mass is 580 g/mol. The molecule has 0 radical (unpaired) electrons. The van der Waals surface area contributed by atoms with Gasteiger partial charge < -0.3 is 16.8 Å². The molecule has 0 saturated carbocycles. The lowest BCUT2D eigenvalue weighted by Gasteiger charge is -2.09. The Hall–Kier alpha value is -5.52. The molecule has 8 nitrogen and oxygen atoms in total. The largest absolute Gasteiger partial charge is 0.419 e. The molecule has 12 heteroatoms. The van der Waals surface area contributed by atoms with Gasteiger partial charge in [-0.3, -0.25) is 19.7 Å². The number of carbonyl (C=O) groups is 2. The third-order valence-electron chi connectivity index (χ3n) is 5.78. The van der Waals surface area contributed by atoms with E-state index in [1.54, 1.807) is 24.3 Å². The van der Waals surface area contributed by atoms with Crippen molar-refractivity contribution >= 4 is 40.5 Å². The van der Waals surface area contributed by atoms with E-state index < -0.39 is 28.4 Å². The summed E-state index contributed by atoms with van der Waals surface area (Å²) in [6.07, 6.45) is -3.84. The van der Waals surface area contributed by atoms with Crippen LogP contribution in [0.5, 0.6) is 0 Å². The number of para-hydroxylation sites is 2. The molecule has 42 heavy (non-hydrogen) atoms. The molecule has 4 aromatic rings. The van der Waals surface area contributed by atoms with Gasteiger partial charge in [0.05, 0.1) is 21.9 Å². The number of halogens is 4. The van der Waals surface area contributed by atoms with Crippen LogP contribution >= 0.6 is 0 Å². The number of nitrogens with one attached hydrogen (secondary N) is 1. The van der Waals surface area contributed by atoms with Crippen LogP contribution in [0, 0.1) is 22.9 Å². The number of nitrogens with two attached hydrogens (primary N) is 2. The van der Waals surface area contributed by atoms with Gasteiger partial charge in [0.2, 0.25) is 5.91 Å². The number of nitro groups is 1. The normalized spacial score (nSPS) is 11.2. The number of amides is 2. The molecule has 4 aromatic carbocycles. The van der Waals surface area contributed by atoms with Crippen LogP contribution in [0.2, 0.25) is 0 Å². The van der Waals surface area contributed by atoms with Crippen LogP contribution in [0.3, 0.4) is 0 Å². The minimum absolute atomic E-state index is 0.0964. The summed E-state index contributed by atoms with van der Waals surface area (Å²) in [5.41, 5.74) is 12.1. The molecular formula is C30H24F4N4O4. The van der Waals surface area contributed by atoms with Gasteiger partial charge in [-0.15, -0.1) is 0 Å². The molecule has 0 aliphatic carbocycles. The van der Waals surface area contributed by atoms with E-state index in [1.807, 2.05) is 31.2 Å². The van der Waals surface area contributed by atoms with Crippen molar-refractivity contribution in [2.75, 3.05) is 11.1 Å². The van der Waals surface area contributed by atoms with Gasteiger partial charge in [0.15, 0.2) is 0 Å². The second kappa shape index (κ2) is 13.2. The molecule has 0 aliphatic heterocycles. The van der Waals surface area contributed by atoms with Crippen molar-refractivity contribution in [3.8, 4) is 0 Å². The maximum absolute atomic E-state index is 13.3. The highest BCUT2D eigenvalue weighted by Gasteiger charge is 2.34. The van der Waals surface area contributed by atoms with Crippen LogP contribution in [-0.4, -0.2) is 16.7 Å². The van der Waals surface area contributed by atoms with Gasteiger partial charge >= 0.3 is 6.18 Å². The predicted molar refractivity (Wildman–Crippen MR) is 152 cm³/mol. The fourth-order valence-electron chi connectivity index (χ4n) is 3.59. The lowest BCUT2D eigenvalue weighted by Crippen LogP contribution is -2.13. The summed E-state index contributed by atoms with van der Waals surface area (Å²) >= 11 is 0. The summed E-state index contributed by atoms with van der Waals surface area (Å²) in [6, 6.07) is 21.6. The van der Waals surface area contributed by atoms with E-state index in [-0.39, 0.29) is 28.3 Å². The van der Waals surface area contributed by atoms with E-state index in [0.717, 1.165) is 29.8 Å². The third kappa shape index (κ3) is 8.24. The fourth-order valence-corrected chi connectivity index (χ4v) is 3.59. The van der Waals surface area contributed by atoms with Crippen LogP contribution in [0.15, 0.2) is 91.0 Å². The van der Waals surface area contributed by atoms with Crippen molar-refractivity contribution in [3.05, 3.63) is 135 Å². The summed E-state index contributed by atoms with van der Waals surface area (Å²) in [7, 11) is 0. The predicted octanol–water partition coefficient (Wildman–Crippen LogP) is 6.61. The number of aryl methyl sites for hydroxylation is 1. The molecule has 0 fully saturated rings. The number of nitrogens with zero attached hydrogens (tertiary/aromatic N) is 1. The van der Waals surface area contributed by atoms with E-state index in [1.165, 1.54) is 12.1 Å². The fraction of sp³-hybridized carbons (Fsp3) is 0.0667. The Morgan fingerprint density at radius 2 is 1.50 bits per heavy atom. The average molecular weight is 581 g/mol. The van der Waals surface area contributed by atoms with Gasteiger partial charge in [-0.2, -0.15) is 13.2 Å². The van der Waals surface area contributed by atoms with Gasteiger partial charge in [-0.05, 0) is 72.7 Å². The molecule has 5 N–H and O–H groups in total. The molecule has 0 saturated heterocycles. The molecule has 0 heterocycles. The smallest absolute Gasteiger partial charge is 0.397 e. The van der Waals surface area contributed by atoms with Gasteiger partial charge in [-0.1, -0.05) is 35.9 Å². The first-order valence-electron chi connectivity index (χ1n) is 12.1. The molecule has 2 amide bonds. The number of carbonyl (C=O) groups excluding carboxylic acids is 2. The van der Waals surface area contributed by atoms with E-state index >= 15 is 0 Å². The summed E-state index contributed by atoms with van der Waals surface area (Å²) in [5, 5.41) is 13.4. The van der Waals surface area contributed by atoms with Crippen LogP contribution < -0.4 is 16.8 Å². The molecule has 0 bridgehead atoms. The van der Waals surface area contributed by atoms with Crippen molar-refractivity contribution in [3.63, 3.8) is 0 Å². The van der Waals surface area contributed by atoms with Crippen molar-refractivity contribution in [2.24, 2.45) is 5.73 Å². The summed E-state index contributed by atoms with van der Waals surface area (Å²) in [4.78, 5) is 33.5. The van der Waals surface area contributed by atoms with Crippen LogP contribution in [0.4, 0.5) is 34.6 Å². The Balaban J connectivity index is 0.000000247. The van der Waals surface area contributed by atoms with E-state index in [4.69, 9.17) is 11.5 Å². The molecule has 0 atom stereocenters. The van der Waals surface area contributed by atoms with Crippen LogP contribution in [0.25, 0.3) is 11.6 Å². The lowest BCUT2D eigenvalue weighted by atomic mass is 10.0. The van der Waals surface area contributed by atoms with E-state index in [9.17, 15) is 37.3 Å². The second-order valence-electron chi connectivity index (χ2n) is 8.87. The second-order valence-corrected chi connectivity index (χ2v) is 8.87. The SMILES string of the molecule is Cc1ccc(C(=O)Nc2ccccc2N)cc1.NC(=O)/C(=C/c1ccc(F)c(C(F)(F)F)c1)c1ccc([N+](=O)[O-])cc1. The molecular weight excluding hydrogens is 556 g/mol. The number of anilines is 2. The van der Waals surface area contributed by atoms with Crippen molar-refractivity contribution in [1.82, 2.24) is 0 Å². The Labute approximate surface area is 237 Å². The first-order chi connectivity index (χ1) is 19.8. The Morgan fingerprint density at radius 1 is 0.905 bits per heavy atom. The number of nitrogen functional groups attached to an aromatic ring is 1. The Kier molecular flexibility index (Phi) is 9.76. The highest BCUT2D eigenvalue weighted by molar-refractivity contribution is 6.23. The molecule has 0 unspecified atom stereocenters. The topological polar surface area (TPSA) is 141 Å². The number of alkyl halides is 3. The van der Waals surface area contributed by atoms with Gasteiger partial charge in [-0.25, -0.2) is 4.39 Å². The maximum atomic E-state index is 13.3. The van der Waals surface area contributed by atoms with E-state index in [2.05, 4.69) is 5.32 Å². The van der Waals surface area contributed by atoms with Crippen LogP contribution in [0.1, 0.15) is 32.6 Å². The maximum Gasteiger partial charge on any atom is 0.419 e. The number of non-ortho nitro benzene ring substituents is 1. The van der Waals surface area contributed by atoms with E-state index in [0.29, 0.717) is 29.1 Å². The first kappa shape index (κ1) is 31.0. The van der Waals surface area contributed by atoms with Crippen molar-refractivity contribution in [1.29, 1.82) is 0 Å². The average Bonchev–Trinajstić information content (AvgIpc) is 2.94. The standard InChI is InChI=1S/C16H10F4N2O3.C14H14N2O/c17-14-6-1-9(8-13(14)16(18,19)20)7-12(15(21)23)10-2-4-11(5-3-10)22(24)25;1-10-6-8-11(9-7-10)14(17)16-13-5-3-2-4-12(13)15/h1-8H,(H2,21,23);2-9H,15H2,1H3,(H,16,17)/b12-7+;. The number of primary amides is 1. The number of nitro benzene ring substituents is 1. The molecule has 0 aromatic heterocycles. The van der Waals surface area contributed by atoms with Gasteiger partial charge in [0.1, 0.15) is 5.82 Å². The summed E-state index contributed by atoms with van der Waals surface area (Å²) < 4.78 is 51.6. The number of hydrogen-bond acceptors (Lipinski definition) is 5. The van der Waals surface area contributed by atoms with Crippen molar-refractivity contribution in [2.45, 2.75) is 13.1 Å². The third-order valence-corrected chi connectivity index (χ3v) is 5.78. The lowest BCUT2D eigenvalue weighted by molar-refractivity contribution is -0.384. The zero-order valence-electron chi connectivity index (χ0n) is 22.0. The van der Waals surface area contributed by atoms with Crippen molar-refractivity contribution < 1.29 is 32.1 Å². The molecule has 0 spiro atoms.